The van der Waals surface area contributed by atoms with E-state index in [0.29, 0.717) is 0 Å². The molecule has 0 saturated carbocycles. The van der Waals surface area contributed by atoms with Crippen LogP contribution in [0.25, 0.3) is 0 Å². The van der Waals surface area contributed by atoms with Gasteiger partial charge in [-0.15, -0.1) is 0 Å². The first-order valence-electron chi connectivity index (χ1n) is 3.40. The van der Waals surface area contributed by atoms with Crippen molar-refractivity contribution >= 4 is 5.97 Å². The number of aliphatic hydroxyl groups is 1. The average Bonchev–Trinajstić information content (AvgIpc) is 2.06. The Balaban J connectivity index is -0.000000480. The van der Waals surface area contributed by atoms with Crippen LogP contribution in [0.3, 0.4) is 0 Å². The van der Waals surface area contributed by atoms with Crippen LogP contribution in [-0.2, 0) is 10.4 Å². The molecule has 1 atom stereocenters. The van der Waals surface area contributed by atoms with E-state index >= 15 is 0 Å². The Kier molecular flexibility index (Phi) is 10.3. The van der Waals surface area contributed by atoms with Crippen molar-refractivity contribution in [2.24, 2.45) is 0 Å². The summed E-state index contributed by atoms with van der Waals surface area (Å²) in [5, 5.41) is 19.8. The molecular weight excluding hydrogens is 213 g/mol. The molecule has 0 fully saturated rings. The summed E-state index contributed by atoms with van der Waals surface area (Å²) in [7, 11) is 0. The number of pyridine rings is 1. The Labute approximate surface area is 109 Å². The van der Waals surface area contributed by atoms with Gasteiger partial charge in [0.25, 0.3) is 0 Å². The van der Waals surface area contributed by atoms with Gasteiger partial charge in [-0.05, 0) is 19.1 Å². The van der Waals surface area contributed by atoms with E-state index in [0.717, 1.165) is 6.92 Å². The van der Waals surface area contributed by atoms with Crippen molar-refractivity contribution < 1.29 is 55.5 Å². The van der Waals surface area contributed by atoms with Gasteiger partial charge in [0.15, 0.2) is 0 Å². The molecule has 1 aromatic heterocycles. The van der Waals surface area contributed by atoms with Gasteiger partial charge in [-0.2, -0.15) is 0 Å². The van der Waals surface area contributed by atoms with E-state index in [1.54, 1.807) is 12.1 Å². The third kappa shape index (κ3) is 4.70. The van der Waals surface area contributed by atoms with Crippen LogP contribution in [0.15, 0.2) is 24.4 Å². The fourth-order valence-electron chi connectivity index (χ4n) is 0.755. The molecule has 1 rings (SSSR count). The molecule has 6 nitrogen and oxygen atoms in total. The van der Waals surface area contributed by atoms with Crippen LogP contribution in [-0.4, -0.2) is 27.0 Å². The molecule has 1 heterocycles. The summed E-state index contributed by atoms with van der Waals surface area (Å²) >= 11 is 0. The number of hydrogen-bond donors (Lipinski definition) is 1. The molecule has 5 N–H and O–H groups in total. The minimum Gasteiger partial charge on any atom is -0.547 e. The zero-order chi connectivity index (χ0) is 9.19. The standard InChI is InChI=1S/C8H9NO3.Na.2H2O/c1-8(12,7(10)11)6-4-2-3-5-9-6;;;/h2-5,12H,1H3,(H,10,11);;2*1H2/q;+1;;/p-1. The van der Waals surface area contributed by atoms with Crippen molar-refractivity contribution in [2.75, 3.05) is 0 Å². The Bertz CT molecular complexity index is 290. The van der Waals surface area contributed by atoms with Gasteiger partial charge >= 0.3 is 29.6 Å². The Hall–Kier alpha value is -0.500. The maximum absolute atomic E-state index is 10.4. The van der Waals surface area contributed by atoms with E-state index in [2.05, 4.69) is 4.98 Å². The van der Waals surface area contributed by atoms with Crippen molar-refractivity contribution in [1.82, 2.24) is 4.98 Å². The molecule has 0 bridgehead atoms. The van der Waals surface area contributed by atoms with Gasteiger partial charge < -0.3 is 26.0 Å². The summed E-state index contributed by atoms with van der Waals surface area (Å²) < 4.78 is 0. The maximum Gasteiger partial charge on any atom is 1.00 e. The molecule has 0 radical (unpaired) electrons. The van der Waals surface area contributed by atoms with Gasteiger partial charge in [0.1, 0.15) is 5.60 Å². The zero-order valence-electron chi connectivity index (χ0n) is 8.52. The van der Waals surface area contributed by atoms with E-state index < -0.39 is 11.6 Å². The van der Waals surface area contributed by atoms with Crippen LogP contribution in [0.5, 0.6) is 0 Å². The maximum atomic E-state index is 10.4. The minimum absolute atomic E-state index is 0. The number of carboxylic acid groups (broad SMARTS) is 1. The van der Waals surface area contributed by atoms with Crippen LogP contribution in [0.2, 0.25) is 0 Å². The Morgan fingerprint density at radius 1 is 1.47 bits per heavy atom. The number of carbonyl (C=O) groups excluding carboxylic acids is 1. The van der Waals surface area contributed by atoms with E-state index in [1.807, 2.05) is 0 Å². The normalized spacial score (nSPS) is 12.1. The monoisotopic (exact) mass is 225 g/mol. The van der Waals surface area contributed by atoms with E-state index in [4.69, 9.17) is 0 Å². The van der Waals surface area contributed by atoms with Crippen LogP contribution >= 0.6 is 0 Å². The molecule has 0 aliphatic carbocycles. The van der Waals surface area contributed by atoms with Crippen molar-refractivity contribution in [3.05, 3.63) is 30.1 Å². The second kappa shape index (κ2) is 7.75. The number of carboxylic acids is 1. The van der Waals surface area contributed by atoms with Crippen molar-refractivity contribution in [1.29, 1.82) is 0 Å². The molecule has 0 saturated heterocycles. The van der Waals surface area contributed by atoms with E-state index in [9.17, 15) is 15.0 Å². The van der Waals surface area contributed by atoms with Gasteiger partial charge in [0.05, 0.1) is 11.7 Å². The van der Waals surface area contributed by atoms with E-state index in [1.165, 1.54) is 12.3 Å². The smallest absolute Gasteiger partial charge is 0.547 e. The molecule has 7 heteroatoms. The first-order chi connectivity index (χ1) is 5.55. The topological polar surface area (TPSA) is 136 Å². The SMILES string of the molecule is CC(O)(C(=O)[O-])c1ccccn1.O.O.[Na+]. The molecule has 15 heavy (non-hydrogen) atoms. The van der Waals surface area contributed by atoms with Crippen LogP contribution in [0, 0.1) is 0 Å². The predicted octanol–water partition coefficient (Wildman–Crippen LogP) is -5.61. The number of nitrogens with zero attached hydrogens (tertiary/aromatic N) is 1. The molecule has 0 aromatic carbocycles. The summed E-state index contributed by atoms with van der Waals surface area (Å²) in [6.45, 7) is 1.13. The minimum atomic E-state index is -2.01. The Morgan fingerprint density at radius 3 is 2.33 bits per heavy atom. The van der Waals surface area contributed by atoms with Crippen LogP contribution in [0.1, 0.15) is 12.6 Å². The summed E-state index contributed by atoms with van der Waals surface area (Å²) in [6.07, 6.45) is 1.41. The Morgan fingerprint density at radius 2 is 2.00 bits per heavy atom. The summed E-state index contributed by atoms with van der Waals surface area (Å²) in [5.41, 5.74) is -1.94. The molecular formula is C8H12NNaO5. The molecule has 1 unspecified atom stereocenters. The summed E-state index contributed by atoms with van der Waals surface area (Å²) in [4.78, 5) is 14.1. The molecule has 0 aliphatic heterocycles. The quantitative estimate of drug-likeness (QED) is 0.501. The van der Waals surface area contributed by atoms with E-state index in [-0.39, 0.29) is 46.2 Å². The predicted molar refractivity (Wildman–Crippen MR) is 46.0 cm³/mol. The first kappa shape index (κ1) is 20.0. The third-order valence-corrected chi connectivity index (χ3v) is 1.56. The van der Waals surface area contributed by atoms with Gasteiger partial charge in [-0.1, -0.05) is 6.07 Å². The van der Waals surface area contributed by atoms with Gasteiger partial charge in [0, 0.05) is 6.20 Å². The van der Waals surface area contributed by atoms with Crippen LogP contribution < -0.4 is 34.7 Å². The number of aliphatic carboxylic acids is 1. The zero-order valence-corrected chi connectivity index (χ0v) is 10.5. The fourth-order valence-corrected chi connectivity index (χ4v) is 0.755. The van der Waals surface area contributed by atoms with Gasteiger partial charge in [-0.25, -0.2) is 0 Å². The third-order valence-electron chi connectivity index (χ3n) is 1.56. The van der Waals surface area contributed by atoms with Crippen molar-refractivity contribution in [3.8, 4) is 0 Å². The summed E-state index contributed by atoms with van der Waals surface area (Å²) in [5.74, 6) is -1.55. The van der Waals surface area contributed by atoms with Gasteiger partial charge in [-0.3, -0.25) is 4.98 Å². The molecule has 1 aromatic rings. The summed E-state index contributed by atoms with van der Waals surface area (Å²) in [6, 6.07) is 4.66. The number of aromatic nitrogens is 1. The van der Waals surface area contributed by atoms with Crippen molar-refractivity contribution in [3.63, 3.8) is 0 Å². The molecule has 80 valence electrons. The van der Waals surface area contributed by atoms with Gasteiger partial charge in [0.2, 0.25) is 0 Å². The second-order valence-electron chi connectivity index (χ2n) is 2.57. The first-order valence-corrected chi connectivity index (χ1v) is 3.40. The van der Waals surface area contributed by atoms with Crippen molar-refractivity contribution in [2.45, 2.75) is 12.5 Å². The molecule has 0 aliphatic rings. The second-order valence-corrected chi connectivity index (χ2v) is 2.57. The number of carbonyl (C=O) groups is 1. The molecule has 0 amide bonds. The average molecular weight is 225 g/mol. The largest absolute Gasteiger partial charge is 1.00 e. The molecule has 0 spiro atoms. The number of rotatable bonds is 2. The van der Waals surface area contributed by atoms with Crippen LogP contribution in [0.4, 0.5) is 0 Å². The fraction of sp³-hybridized carbons (Fsp3) is 0.250. The number of hydrogen-bond acceptors (Lipinski definition) is 4.